The molecule has 0 heterocycles. The largest absolute Gasteiger partial charge is 0.493 e. The molecule has 0 aliphatic heterocycles. The molecule has 2 aromatic rings. The fourth-order valence-corrected chi connectivity index (χ4v) is 2.65. The quantitative estimate of drug-likeness (QED) is 0.685. The predicted octanol–water partition coefficient (Wildman–Crippen LogP) is 3.52. The van der Waals surface area contributed by atoms with Crippen molar-refractivity contribution in [3.8, 4) is 5.75 Å². The number of likely N-dealkylation sites (N-methyl/N-ethyl adjacent to an activating group) is 1. The average molecular weight is 383 g/mol. The lowest BCUT2D eigenvalue weighted by Gasteiger charge is -2.18. The number of ether oxygens (including phenoxy) is 1. The molecule has 2 rings (SSSR count). The number of anilines is 1. The van der Waals surface area contributed by atoms with E-state index in [1.807, 2.05) is 38.1 Å². The summed E-state index contributed by atoms with van der Waals surface area (Å²) >= 11 is 0. The third kappa shape index (κ3) is 6.61. The molecule has 0 unspecified atom stereocenters. The molecule has 2 aromatic carbocycles. The number of hydrogen-bond acceptors (Lipinski definition) is 3. The molecule has 0 aliphatic rings. The van der Waals surface area contributed by atoms with E-state index in [1.54, 1.807) is 31.1 Å². The smallest absolute Gasteiger partial charge is 0.321 e. The van der Waals surface area contributed by atoms with Crippen LogP contribution in [0.3, 0.4) is 0 Å². The summed E-state index contributed by atoms with van der Waals surface area (Å²) < 4.78 is 5.83. The molecule has 0 saturated carbocycles. The van der Waals surface area contributed by atoms with Gasteiger partial charge in [-0.05, 0) is 55.2 Å². The van der Waals surface area contributed by atoms with Crippen molar-refractivity contribution in [3.05, 3.63) is 59.2 Å². The molecule has 0 fully saturated rings. The number of amides is 3. The highest BCUT2D eigenvalue weighted by molar-refractivity contribution is 5.89. The Morgan fingerprint density at radius 3 is 2.46 bits per heavy atom. The summed E-state index contributed by atoms with van der Waals surface area (Å²) in [7, 11) is 3.37. The number of urea groups is 1. The maximum absolute atomic E-state index is 12.3. The maximum atomic E-state index is 12.3. The molecule has 0 radical (unpaired) electrons. The zero-order valence-electron chi connectivity index (χ0n) is 17.0. The molecule has 150 valence electrons. The minimum atomic E-state index is -0.175. The number of benzene rings is 2. The lowest BCUT2D eigenvalue weighted by molar-refractivity contribution is -0.119. The number of nitrogens with one attached hydrogen (secondary N) is 2. The van der Waals surface area contributed by atoms with E-state index in [9.17, 15) is 9.59 Å². The monoisotopic (exact) mass is 383 g/mol. The van der Waals surface area contributed by atoms with Crippen LogP contribution in [0.4, 0.5) is 10.5 Å². The van der Waals surface area contributed by atoms with Gasteiger partial charge in [-0.15, -0.1) is 0 Å². The number of nitrogens with zero attached hydrogens (tertiary/aromatic N) is 1. The van der Waals surface area contributed by atoms with Crippen LogP contribution in [0.5, 0.6) is 5.75 Å². The van der Waals surface area contributed by atoms with Gasteiger partial charge in [0.15, 0.2) is 0 Å². The zero-order valence-corrected chi connectivity index (χ0v) is 17.0. The molecule has 6 heteroatoms. The fraction of sp³-hybridized carbons (Fsp3) is 0.364. The van der Waals surface area contributed by atoms with Crippen LogP contribution in [0.1, 0.15) is 23.1 Å². The van der Waals surface area contributed by atoms with Crippen molar-refractivity contribution in [2.24, 2.45) is 0 Å². The minimum Gasteiger partial charge on any atom is -0.493 e. The zero-order chi connectivity index (χ0) is 20.5. The highest BCUT2D eigenvalue weighted by Gasteiger charge is 2.09. The lowest BCUT2D eigenvalue weighted by Crippen LogP contribution is -2.32. The van der Waals surface area contributed by atoms with Crippen molar-refractivity contribution in [3.63, 3.8) is 0 Å². The topological polar surface area (TPSA) is 70.7 Å². The Morgan fingerprint density at radius 1 is 1.07 bits per heavy atom. The van der Waals surface area contributed by atoms with E-state index in [4.69, 9.17) is 4.74 Å². The van der Waals surface area contributed by atoms with Crippen molar-refractivity contribution in [1.82, 2.24) is 10.2 Å². The molecule has 6 nitrogen and oxygen atoms in total. The number of rotatable bonds is 8. The standard InChI is InChI=1S/C22H29N3O3/c1-16-6-7-17(2)20(14-16)28-13-5-12-25(4)22(27)24-19-10-8-18(9-11-19)15-21(26)23-3/h6-11,14H,5,12-13,15H2,1-4H3,(H,23,26)(H,24,27). The van der Waals surface area contributed by atoms with E-state index in [2.05, 4.69) is 16.7 Å². The van der Waals surface area contributed by atoms with Crippen molar-refractivity contribution in [2.45, 2.75) is 26.7 Å². The van der Waals surface area contributed by atoms with Crippen molar-refractivity contribution < 1.29 is 14.3 Å². The Balaban J connectivity index is 1.75. The number of hydrogen-bond donors (Lipinski definition) is 2. The van der Waals surface area contributed by atoms with E-state index in [-0.39, 0.29) is 11.9 Å². The SMILES string of the molecule is CNC(=O)Cc1ccc(NC(=O)N(C)CCCOc2cc(C)ccc2C)cc1. The molecule has 0 atom stereocenters. The Kier molecular flexibility index (Phi) is 7.87. The van der Waals surface area contributed by atoms with Gasteiger partial charge in [0.1, 0.15) is 5.75 Å². The van der Waals surface area contributed by atoms with Crippen LogP contribution in [-0.2, 0) is 11.2 Å². The lowest BCUT2D eigenvalue weighted by atomic mass is 10.1. The van der Waals surface area contributed by atoms with E-state index in [0.29, 0.717) is 25.3 Å². The van der Waals surface area contributed by atoms with Crippen LogP contribution in [0.2, 0.25) is 0 Å². The normalized spacial score (nSPS) is 10.3. The average Bonchev–Trinajstić information content (AvgIpc) is 2.68. The molecular formula is C22H29N3O3. The predicted molar refractivity (Wildman–Crippen MR) is 112 cm³/mol. The van der Waals surface area contributed by atoms with Gasteiger partial charge in [-0.2, -0.15) is 0 Å². The molecule has 2 N–H and O–H groups in total. The van der Waals surface area contributed by atoms with E-state index in [0.717, 1.165) is 23.3 Å². The summed E-state index contributed by atoms with van der Waals surface area (Å²) in [5.41, 5.74) is 3.87. The molecule has 0 bridgehead atoms. The first-order valence-corrected chi connectivity index (χ1v) is 9.40. The number of carbonyl (C=O) groups is 2. The van der Waals surface area contributed by atoms with Gasteiger partial charge < -0.3 is 20.3 Å². The number of aryl methyl sites for hydroxylation is 2. The van der Waals surface area contributed by atoms with E-state index < -0.39 is 0 Å². The fourth-order valence-electron chi connectivity index (χ4n) is 2.65. The Morgan fingerprint density at radius 2 is 1.79 bits per heavy atom. The van der Waals surface area contributed by atoms with E-state index >= 15 is 0 Å². The second-order valence-corrected chi connectivity index (χ2v) is 6.87. The highest BCUT2D eigenvalue weighted by atomic mass is 16.5. The third-order valence-electron chi connectivity index (χ3n) is 4.43. The summed E-state index contributed by atoms with van der Waals surface area (Å²) in [6.45, 7) is 5.20. The molecule has 0 spiro atoms. The summed E-state index contributed by atoms with van der Waals surface area (Å²) in [6, 6.07) is 13.2. The van der Waals surface area contributed by atoms with Crippen molar-refractivity contribution in [2.75, 3.05) is 32.6 Å². The second-order valence-electron chi connectivity index (χ2n) is 6.87. The van der Waals surface area contributed by atoms with E-state index in [1.165, 1.54) is 5.56 Å². The van der Waals surface area contributed by atoms with Gasteiger partial charge >= 0.3 is 6.03 Å². The van der Waals surface area contributed by atoms with Crippen LogP contribution in [0, 0.1) is 13.8 Å². The van der Waals surface area contributed by atoms with Crippen LogP contribution >= 0.6 is 0 Å². The van der Waals surface area contributed by atoms with Crippen molar-refractivity contribution >= 4 is 17.6 Å². The third-order valence-corrected chi connectivity index (χ3v) is 4.43. The van der Waals surface area contributed by atoms with Gasteiger partial charge in [-0.3, -0.25) is 4.79 Å². The molecule has 28 heavy (non-hydrogen) atoms. The maximum Gasteiger partial charge on any atom is 0.321 e. The molecule has 0 aliphatic carbocycles. The minimum absolute atomic E-state index is 0.0420. The second kappa shape index (κ2) is 10.3. The van der Waals surface area contributed by atoms with Crippen LogP contribution in [0.15, 0.2) is 42.5 Å². The first-order valence-electron chi connectivity index (χ1n) is 9.40. The van der Waals surface area contributed by atoms with Gasteiger partial charge in [-0.25, -0.2) is 4.79 Å². The Labute approximate surface area is 166 Å². The highest BCUT2D eigenvalue weighted by Crippen LogP contribution is 2.19. The van der Waals surface area contributed by atoms with Gasteiger partial charge in [0.2, 0.25) is 5.91 Å². The Hall–Kier alpha value is -3.02. The van der Waals surface area contributed by atoms with Crippen LogP contribution < -0.4 is 15.4 Å². The Bertz CT molecular complexity index is 803. The van der Waals surface area contributed by atoms with Crippen molar-refractivity contribution in [1.29, 1.82) is 0 Å². The number of carbonyl (C=O) groups excluding carboxylic acids is 2. The molecular weight excluding hydrogens is 354 g/mol. The molecule has 0 saturated heterocycles. The van der Waals surface area contributed by atoms with Gasteiger partial charge in [0.25, 0.3) is 0 Å². The van der Waals surface area contributed by atoms with Gasteiger partial charge in [0, 0.05) is 26.3 Å². The first-order chi connectivity index (χ1) is 13.4. The van der Waals surface area contributed by atoms with Crippen LogP contribution in [0.25, 0.3) is 0 Å². The summed E-state index contributed by atoms with van der Waals surface area (Å²) in [4.78, 5) is 25.3. The van der Waals surface area contributed by atoms with Gasteiger partial charge in [0.05, 0.1) is 13.0 Å². The summed E-state index contributed by atoms with van der Waals surface area (Å²) in [6.07, 6.45) is 1.06. The van der Waals surface area contributed by atoms with Crippen LogP contribution in [-0.4, -0.2) is 44.1 Å². The molecule has 3 amide bonds. The molecule has 0 aromatic heterocycles. The van der Waals surface area contributed by atoms with Gasteiger partial charge in [-0.1, -0.05) is 24.3 Å². The summed E-state index contributed by atoms with van der Waals surface area (Å²) in [5.74, 6) is 0.851. The first kappa shape index (κ1) is 21.3. The summed E-state index contributed by atoms with van der Waals surface area (Å²) in [5, 5.41) is 5.45.